The highest BCUT2D eigenvalue weighted by atomic mass is 32.2. The molecule has 10 heteroatoms. The molecular formula is C20H27FN6O2S. The van der Waals surface area contributed by atoms with Crippen molar-refractivity contribution in [3.63, 3.8) is 0 Å². The molecule has 2 fully saturated rings. The number of aryl methyl sites for hydroxylation is 1. The van der Waals surface area contributed by atoms with Crippen LogP contribution in [0.25, 0.3) is 0 Å². The number of aromatic nitrogens is 2. The van der Waals surface area contributed by atoms with Crippen molar-refractivity contribution < 1.29 is 12.8 Å². The number of hydrogen-bond donors (Lipinski definition) is 0. The maximum atomic E-state index is 13.5. The Kier molecular flexibility index (Phi) is 5.90. The minimum Gasteiger partial charge on any atom is -0.354 e. The highest BCUT2D eigenvalue weighted by Crippen LogP contribution is 2.24. The van der Waals surface area contributed by atoms with Crippen molar-refractivity contribution in [1.82, 2.24) is 19.2 Å². The summed E-state index contributed by atoms with van der Waals surface area (Å²) in [5, 5.41) is 0. The third-order valence-corrected chi connectivity index (χ3v) is 7.53. The van der Waals surface area contributed by atoms with Crippen molar-refractivity contribution in [1.29, 1.82) is 0 Å². The molecule has 0 unspecified atom stereocenters. The van der Waals surface area contributed by atoms with Crippen LogP contribution in [0.2, 0.25) is 0 Å². The van der Waals surface area contributed by atoms with Crippen LogP contribution in [0.3, 0.4) is 0 Å². The van der Waals surface area contributed by atoms with Gasteiger partial charge >= 0.3 is 0 Å². The number of hydrogen-bond acceptors (Lipinski definition) is 7. The Morgan fingerprint density at radius 2 is 1.43 bits per heavy atom. The van der Waals surface area contributed by atoms with E-state index in [1.807, 2.05) is 13.0 Å². The molecule has 0 bridgehead atoms. The van der Waals surface area contributed by atoms with Crippen LogP contribution in [0.1, 0.15) is 5.82 Å². The fourth-order valence-electron chi connectivity index (χ4n) is 3.83. The molecule has 3 heterocycles. The van der Waals surface area contributed by atoms with E-state index in [0.29, 0.717) is 32.0 Å². The van der Waals surface area contributed by atoms with Gasteiger partial charge in [0.2, 0.25) is 10.0 Å². The van der Waals surface area contributed by atoms with Crippen molar-refractivity contribution in [3.05, 3.63) is 42.0 Å². The Labute approximate surface area is 177 Å². The predicted molar refractivity (Wildman–Crippen MR) is 114 cm³/mol. The Morgan fingerprint density at radius 1 is 0.867 bits per heavy atom. The van der Waals surface area contributed by atoms with Crippen molar-refractivity contribution in [3.8, 4) is 0 Å². The van der Waals surface area contributed by atoms with E-state index in [1.54, 1.807) is 0 Å². The van der Waals surface area contributed by atoms with Crippen molar-refractivity contribution in [2.24, 2.45) is 0 Å². The van der Waals surface area contributed by atoms with Crippen LogP contribution < -0.4 is 9.80 Å². The van der Waals surface area contributed by atoms with Gasteiger partial charge in [-0.1, -0.05) is 6.07 Å². The van der Waals surface area contributed by atoms with Crippen LogP contribution in [-0.2, 0) is 10.0 Å². The molecule has 0 atom stereocenters. The summed E-state index contributed by atoms with van der Waals surface area (Å²) in [4.78, 5) is 15.8. The molecule has 2 aliphatic rings. The Bertz CT molecular complexity index is 1000. The number of anilines is 2. The number of piperazine rings is 2. The molecule has 2 aliphatic heterocycles. The van der Waals surface area contributed by atoms with Crippen LogP contribution in [0.15, 0.2) is 35.2 Å². The van der Waals surface area contributed by atoms with Gasteiger partial charge in [-0.3, -0.25) is 0 Å². The second kappa shape index (κ2) is 8.44. The average Bonchev–Trinajstić information content (AvgIpc) is 2.74. The van der Waals surface area contributed by atoms with E-state index in [0.717, 1.165) is 43.9 Å². The molecule has 4 rings (SSSR count). The van der Waals surface area contributed by atoms with E-state index in [9.17, 15) is 12.8 Å². The Hall–Kier alpha value is -2.30. The first kappa shape index (κ1) is 21.0. The molecule has 0 saturated carbocycles. The van der Waals surface area contributed by atoms with Gasteiger partial charge in [-0.05, 0) is 32.2 Å². The summed E-state index contributed by atoms with van der Waals surface area (Å²) >= 11 is 0. The lowest BCUT2D eigenvalue weighted by Gasteiger charge is -2.36. The third kappa shape index (κ3) is 4.40. The van der Waals surface area contributed by atoms with Crippen LogP contribution in [0, 0.1) is 12.7 Å². The largest absolute Gasteiger partial charge is 0.354 e. The van der Waals surface area contributed by atoms with E-state index in [4.69, 9.17) is 0 Å². The van der Waals surface area contributed by atoms with Crippen molar-refractivity contribution >= 4 is 21.7 Å². The summed E-state index contributed by atoms with van der Waals surface area (Å²) < 4.78 is 40.6. The summed E-state index contributed by atoms with van der Waals surface area (Å²) in [5.74, 6) is 1.89. The number of benzene rings is 1. The Balaban J connectivity index is 1.46. The van der Waals surface area contributed by atoms with Gasteiger partial charge in [-0.2, -0.15) is 4.31 Å². The summed E-state index contributed by atoms with van der Waals surface area (Å²) in [6, 6.07) is 7.15. The fraction of sp³-hybridized carbons (Fsp3) is 0.500. The first-order chi connectivity index (χ1) is 14.3. The standard InChI is InChI=1S/C20H27FN6O2S/c1-16-22-19(25-8-6-24(2)7-9-25)15-20(23-16)26-10-12-27(13-11-26)30(28,29)18-5-3-4-17(21)14-18/h3-5,14-15H,6-13H2,1-2H3. The molecule has 1 aromatic carbocycles. The van der Waals surface area contributed by atoms with Gasteiger partial charge in [0.25, 0.3) is 0 Å². The zero-order chi connectivity index (χ0) is 21.3. The average molecular weight is 435 g/mol. The minimum atomic E-state index is -3.71. The highest BCUT2D eigenvalue weighted by molar-refractivity contribution is 7.89. The minimum absolute atomic E-state index is 0.00816. The van der Waals surface area contributed by atoms with Gasteiger partial charge in [-0.15, -0.1) is 0 Å². The van der Waals surface area contributed by atoms with Gasteiger partial charge in [-0.25, -0.2) is 22.8 Å². The second-order valence-corrected chi connectivity index (χ2v) is 9.71. The molecule has 2 saturated heterocycles. The molecule has 8 nitrogen and oxygen atoms in total. The van der Waals surface area contributed by atoms with E-state index >= 15 is 0 Å². The topological polar surface area (TPSA) is 72.9 Å². The van der Waals surface area contributed by atoms with E-state index in [-0.39, 0.29) is 4.90 Å². The van der Waals surface area contributed by atoms with Crippen molar-refractivity contribution in [2.45, 2.75) is 11.8 Å². The quantitative estimate of drug-likeness (QED) is 0.716. The number of likely N-dealkylation sites (N-methyl/N-ethyl adjacent to an activating group) is 1. The molecule has 0 N–H and O–H groups in total. The fourth-order valence-corrected chi connectivity index (χ4v) is 5.28. The van der Waals surface area contributed by atoms with E-state index < -0.39 is 15.8 Å². The first-order valence-corrected chi connectivity index (χ1v) is 11.6. The van der Waals surface area contributed by atoms with E-state index in [1.165, 1.54) is 22.5 Å². The summed E-state index contributed by atoms with van der Waals surface area (Å²) in [6.07, 6.45) is 0. The van der Waals surface area contributed by atoms with Gasteiger partial charge in [0.15, 0.2) is 0 Å². The van der Waals surface area contributed by atoms with Crippen molar-refractivity contribution in [2.75, 3.05) is 69.2 Å². The number of sulfonamides is 1. The van der Waals surface area contributed by atoms with Gasteiger partial charge in [0.05, 0.1) is 4.90 Å². The smallest absolute Gasteiger partial charge is 0.243 e. The normalized spacial score (nSPS) is 19.3. The van der Waals surface area contributed by atoms with Crippen LogP contribution in [0.5, 0.6) is 0 Å². The highest BCUT2D eigenvalue weighted by Gasteiger charge is 2.29. The summed E-state index contributed by atoms with van der Waals surface area (Å²) in [5.41, 5.74) is 0. The molecule has 0 spiro atoms. The first-order valence-electron chi connectivity index (χ1n) is 10.1. The second-order valence-electron chi connectivity index (χ2n) is 7.77. The molecule has 30 heavy (non-hydrogen) atoms. The molecule has 0 aliphatic carbocycles. The summed E-state index contributed by atoms with van der Waals surface area (Å²) in [7, 11) is -1.59. The lowest BCUT2D eigenvalue weighted by molar-refractivity contribution is 0.312. The number of halogens is 1. The van der Waals surface area contributed by atoms with Crippen LogP contribution in [0.4, 0.5) is 16.0 Å². The Morgan fingerprint density at radius 3 is 2.00 bits per heavy atom. The maximum Gasteiger partial charge on any atom is 0.243 e. The molecular weight excluding hydrogens is 407 g/mol. The molecule has 0 radical (unpaired) electrons. The van der Waals surface area contributed by atoms with Crippen LogP contribution in [-0.4, -0.2) is 87.0 Å². The van der Waals surface area contributed by atoms with E-state index in [2.05, 4.69) is 31.7 Å². The molecule has 0 amide bonds. The lowest BCUT2D eigenvalue weighted by atomic mass is 10.3. The zero-order valence-electron chi connectivity index (χ0n) is 17.3. The number of nitrogens with zero attached hydrogens (tertiary/aromatic N) is 6. The summed E-state index contributed by atoms with van der Waals surface area (Å²) in [6.45, 7) is 7.41. The van der Waals surface area contributed by atoms with Gasteiger partial charge in [0, 0.05) is 58.4 Å². The van der Waals surface area contributed by atoms with Crippen LogP contribution >= 0.6 is 0 Å². The monoisotopic (exact) mass is 434 g/mol. The lowest BCUT2D eigenvalue weighted by Crippen LogP contribution is -2.49. The predicted octanol–water partition coefficient (Wildman–Crippen LogP) is 1.19. The third-order valence-electron chi connectivity index (χ3n) is 5.63. The molecule has 2 aromatic rings. The van der Waals surface area contributed by atoms with Gasteiger partial charge < -0.3 is 14.7 Å². The molecule has 162 valence electrons. The zero-order valence-corrected chi connectivity index (χ0v) is 18.1. The molecule has 1 aromatic heterocycles. The SMILES string of the molecule is Cc1nc(N2CCN(C)CC2)cc(N2CCN(S(=O)(=O)c3cccc(F)c3)CC2)n1. The maximum absolute atomic E-state index is 13.5. The number of rotatable bonds is 4. The van der Waals surface area contributed by atoms with Gasteiger partial charge in [0.1, 0.15) is 23.3 Å².